The number of rotatable bonds is 6. The molecule has 1 saturated heterocycles. The van der Waals surface area contributed by atoms with Gasteiger partial charge in [0.1, 0.15) is 5.75 Å². The van der Waals surface area contributed by atoms with Crippen molar-refractivity contribution >= 4 is 0 Å². The van der Waals surface area contributed by atoms with Gasteiger partial charge in [-0.05, 0) is 49.9 Å². The van der Waals surface area contributed by atoms with E-state index >= 15 is 0 Å². The van der Waals surface area contributed by atoms with Crippen LogP contribution in [0.2, 0.25) is 0 Å². The molecule has 0 aliphatic carbocycles. The fraction of sp³-hybridized carbons (Fsp3) is 0.647. The zero-order valence-electron chi connectivity index (χ0n) is 13.0. The largest absolute Gasteiger partial charge is 0.497 e. The minimum Gasteiger partial charge on any atom is -0.497 e. The molecule has 2 N–H and O–H groups in total. The van der Waals surface area contributed by atoms with Gasteiger partial charge in [0.25, 0.3) is 0 Å². The van der Waals surface area contributed by atoms with Crippen LogP contribution in [0.3, 0.4) is 0 Å². The standard InChI is InChI=1S/C17H28N2O/c1-4-5-14-10-11-19(12-14)13(2)17(18)15-6-8-16(20-3)9-7-15/h6-9,13-14,17H,4-5,10-12,18H2,1-3H3. The third-order valence-corrected chi connectivity index (χ3v) is 4.61. The first kappa shape index (κ1) is 15.3. The van der Waals surface area contributed by atoms with Gasteiger partial charge in [-0.15, -0.1) is 0 Å². The van der Waals surface area contributed by atoms with Crippen molar-refractivity contribution in [1.29, 1.82) is 0 Å². The van der Waals surface area contributed by atoms with E-state index in [1.54, 1.807) is 7.11 Å². The predicted octanol–water partition coefficient (Wildman–Crippen LogP) is 3.21. The highest BCUT2D eigenvalue weighted by Gasteiger charge is 2.28. The molecule has 1 heterocycles. The highest BCUT2D eigenvalue weighted by Crippen LogP contribution is 2.27. The highest BCUT2D eigenvalue weighted by atomic mass is 16.5. The van der Waals surface area contributed by atoms with Gasteiger partial charge in [-0.25, -0.2) is 0 Å². The molecule has 1 aliphatic rings. The summed E-state index contributed by atoms with van der Waals surface area (Å²) in [6.07, 6.45) is 3.96. The number of benzene rings is 1. The number of nitrogens with zero attached hydrogens (tertiary/aromatic N) is 1. The van der Waals surface area contributed by atoms with Crippen LogP contribution >= 0.6 is 0 Å². The maximum Gasteiger partial charge on any atom is 0.118 e. The van der Waals surface area contributed by atoms with Gasteiger partial charge in [0.05, 0.1) is 7.11 Å². The molecule has 1 aromatic rings. The van der Waals surface area contributed by atoms with Crippen molar-refractivity contribution in [3.63, 3.8) is 0 Å². The number of methoxy groups -OCH3 is 1. The molecule has 3 heteroatoms. The number of nitrogens with two attached hydrogens (primary N) is 1. The van der Waals surface area contributed by atoms with E-state index in [9.17, 15) is 0 Å². The van der Waals surface area contributed by atoms with Gasteiger partial charge in [-0.3, -0.25) is 4.90 Å². The average Bonchev–Trinajstić information content (AvgIpc) is 2.95. The Labute approximate surface area is 123 Å². The number of ether oxygens (including phenoxy) is 1. The van der Waals surface area contributed by atoms with Gasteiger partial charge in [-0.1, -0.05) is 25.5 Å². The smallest absolute Gasteiger partial charge is 0.118 e. The second-order valence-corrected chi connectivity index (χ2v) is 5.98. The van der Waals surface area contributed by atoms with Gasteiger partial charge < -0.3 is 10.5 Å². The molecule has 20 heavy (non-hydrogen) atoms. The molecule has 3 nitrogen and oxygen atoms in total. The lowest BCUT2D eigenvalue weighted by Gasteiger charge is -2.30. The molecule has 0 bridgehead atoms. The average molecular weight is 276 g/mol. The van der Waals surface area contributed by atoms with Crippen LogP contribution in [0.15, 0.2) is 24.3 Å². The van der Waals surface area contributed by atoms with E-state index in [1.807, 2.05) is 12.1 Å². The zero-order chi connectivity index (χ0) is 14.5. The second-order valence-electron chi connectivity index (χ2n) is 5.98. The van der Waals surface area contributed by atoms with E-state index in [-0.39, 0.29) is 6.04 Å². The summed E-state index contributed by atoms with van der Waals surface area (Å²) in [5, 5.41) is 0. The molecule has 1 aromatic carbocycles. The maximum absolute atomic E-state index is 6.45. The lowest BCUT2D eigenvalue weighted by molar-refractivity contribution is 0.218. The first-order chi connectivity index (χ1) is 9.65. The molecule has 1 fully saturated rings. The lowest BCUT2D eigenvalue weighted by Crippen LogP contribution is -2.39. The summed E-state index contributed by atoms with van der Waals surface area (Å²) in [5.74, 6) is 1.75. The number of hydrogen-bond donors (Lipinski definition) is 1. The van der Waals surface area contributed by atoms with Crippen LogP contribution in [-0.4, -0.2) is 31.1 Å². The fourth-order valence-corrected chi connectivity index (χ4v) is 3.21. The maximum atomic E-state index is 6.45. The Morgan fingerprint density at radius 1 is 1.35 bits per heavy atom. The van der Waals surface area contributed by atoms with Crippen molar-refractivity contribution < 1.29 is 4.74 Å². The van der Waals surface area contributed by atoms with Gasteiger partial charge in [-0.2, -0.15) is 0 Å². The van der Waals surface area contributed by atoms with Crippen molar-refractivity contribution in [1.82, 2.24) is 4.90 Å². The molecule has 2 rings (SSSR count). The van der Waals surface area contributed by atoms with Gasteiger partial charge in [0, 0.05) is 18.6 Å². The van der Waals surface area contributed by atoms with Crippen LogP contribution in [0, 0.1) is 5.92 Å². The Morgan fingerprint density at radius 2 is 2.05 bits per heavy atom. The Bertz CT molecular complexity index is 404. The van der Waals surface area contributed by atoms with E-state index < -0.39 is 0 Å². The highest BCUT2D eigenvalue weighted by molar-refractivity contribution is 5.29. The number of likely N-dealkylation sites (tertiary alicyclic amines) is 1. The quantitative estimate of drug-likeness (QED) is 0.867. The summed E-state index contributed by atoms with van der Waals surface area (Å²) in [6.45, 7) is 6.92. The van der Waals surface area contributed by atoms with E-state index in [0.29, 0.717) is 6.04 Å². The Hall–Kier alpha value is -1.06. The molecular formula is C17H28N2O. The lowest BCUT2D eigenvalue weighted by atomic mass is 10.00. The van der Waals surface area contributed by atoms with Crippen molar-refractivity contribution in [2.24, 2.45) is 11.7 Å². The minimum absolute atomic E-state index is 0.0706. The normalized spacial score (nSPS) is 22.7. The first-order valence-electron chi connectivity index (χ1n) is 7.79. The first-order valence-corrected chi connectivity index (χ1v) is 7.79. The Balaban J connectivity index is 1.95. The van der Waals surface area contributed by atoms with Gasteiger partial charge in [0.15, 0.2) is 0 Å². The van der Waals surface area contributed by atoms with Crippen LogP contribution in [0.4, 0.5) is 0 Å². The zero-order valence-corrected chi connectivity index (χ0v) is 13.0. The predicted molar refractivity (Wildman–Crippen MR) is 84.0 cm³/mol. The van der Waals surface area contributed by atoms with E-state index in [0.717, 1.165) is 11.7 Å². The van der Waals surface area contributed by atoms with Crippen molar-refractivity contribution in [2.75, 3.05) is 20.2 Å². The third kappa shape index (κ3) is 3.53. The number of hydrogen-bond acceptors (Lipinski definition) is 3. The molecule has 3 atom stereocenters. The van der Waals surface area contributed by atoms with Crippen molar-refractivity contribution in [3.8, 4) is 5.75 Å². The summed E-state index contributed by atoms with van der Waals surface area (Å²) in [7, 11) is 1.69. The molecule has 1 aliphatic heterocycles. The topological polar surface area (TPSA) is 38.5 Å². The van der Waals surface area contributed by atoms with E-state index in [1.165, 1.54) is 37.9 Å². The molecule has 0 spiro atoms. The van der Waals surface area contributed by atoms with Crippen LogP contribution in [-0.2, 0) is 0 Å². The van der Waals surface area contributed by atoms with Crippen molar-refractivity contribution in [2.45, 2.75) is 45.2 Å². The molecule has 112 valence electrons. The van der Waals surface area contributed by atoms with E-state index in [2.05, 4.69) is 30.9 Å². The SMILES string of the molecule is CCCC1CCN(C(C)C(N)c2ccc(OC)cc2)C1. The molecule has 0 aromatic heterocycles. The van der Waals surface area contributed by atoms with Gasteiger partial charge in [0.2, 0.25) is 0 Å². The monoisotopic (exact) mass is 276 g/mol. The third-order valence-electron chi connectivity index (χ3n) is 4.61. The minimum atomic E-state index is 0.0706. The Morgan fingerprint density at radius 3 is 2.65 bits per heavy atom. The molecule has 0 saturated carbocycles. The van der Waals surface area contributed by atoms with Gasteiger partial charge >= 0.3 is 0 Å². The van der Waals surface area contributed by atoms with Crippen LogP contribution in [0.5, 0.6) is 5.75 Å². The summed E-state index contributed by atoms with van der Waals surface area (Å²) in [4.78, 5) is 2.55. The van der Waals surface area contributed by atoms with Crippen LogP contribution in [0.25, 0.3) is 0 Å². The molecular weight excluding hydrogens is 248 g/mol. The molecule has 0 radical (unpaired) electrons. The fourth-order valence-electron chi connectivity index (χ4n) is 3.21. The molecule has 3 unspecified atom stereocenters. The molecule has 0 amide bonds. The summed E-state index contributed by atoms with van der Waals surface area (Å²) < 4.78 is 5.20. The van der Waals surface area contributed by atoms with Crippen molar-refractivity contribution in [3.05, 3.63) is 29.8 Å². The summed E-state index contributed by atoms with van der Waals surface area (Å²) in [6, 6.07) is 8.61. The van der Waals surface area contributed by atoms with Crippen LogP contribution < -0.4 is 10.5 Å². The summed E-state index contributed by atoms with van der Waals surface area (Å²) >= 11 is 0. The van der Waals surface area contributed by atoms with Crippen LogP contribution in [0.1, 0.15) is 44.7 Å². The summed E-state index contributed by atoms with van der Waals surface area (Å²) in [5.41, 5.74) is 7.64. The Kier molecular flexibility index (Phi) is 5.44. The van der Waals surface area contributed by atoms with E-state index in [4.69, 9.17) is 10.5 Å². The second kappa shape index (κ2) is 7.09.